The fourth-order valence-electron chi connectivity index (χ4n) is 0.879. The van der Waals surface area contributed by atoms with Gasteiger partial charge in [-0.2, -0.15) is 5.26 Å². The van der Waals surface area contributed by atoms with Crippen molar-refractivity contribution < 1.29 is 14.7 Å². The van der Waals surface area contributed by atoms with E-state index in [0.29, 0.717) is 11.1 Å². The number of nitriles is 1. The van der Waals surface area contributed by atoms with Crippen LogP contribution in [0.25, 0.3) is 0 Å². The van der Waals surface area contributed by atoms with Crippen LogP contribution in [0.3, 0.4) is 0 Å². The minimum atomic E-state index is -1.09. The number of nitrogens with zero attached hydrogens (tertiary/aromatic N) is 2. The summed E-state index contributed by atoms with van der Waals surface area (Å²) in [6.07, 6.45) is 1.35. The average Bonchev–Trinajstić information content (AvgIpc) is 2.24. The van der Waals surface area contributed by atoms with E-state index in [1.807, 2.05) is 6.07 Å². The molecule has 0 saturated heterocycles. The Hall–Kier alpha value is -2.35. The molecule has 0 aliphatic heterocycles. The van der Waals surface area contributed by atoms with Crippen molar-refractivity contribution in [2.45, 2.75) is 0 Å². The van der Waals surface area contributed by atoms with Crippen molar-refractivity contribution in [3.05, 3.63) is 35.4 Å². The van der Waals surface area contributed by atoms with E-state index in [4.69, 9.17) is 10.4 Å². The van der Waals surface area contributed by atoms with Crippen LogP contribution in [0, 0.1) is 11.3 Å². The van der Waals surface area contributed by atoms with Crippen LogP contribution in [0.5, 0.6) is 0 Å². The molecule has 1 rings (SSSR count). The van der Waals surface area contributed by atoms with Crippen molar-refractivity contribution >= 4 is 12.2 Å². The Morgan fingerprint density at radius 3 is 3.13 bits per heavy atom. The zero-order valence-electron chi connectivity index (χ0n) is 7.75. The first kappa shape index (κ1) is 10.7. The average molecular weight is 204 g/mol. The molecule has 15 heavy (non-hydrogen) atoms. The van der Waals surface area contributed by atoms with Crippen LogP contribution in [0.4, 0.5) is 0 Å². The first-order valence-electron chi connectivity index (χ1n) is 4.09. The van der Waals surface area contributed by atoms with Crippen molar-refractivity contribution in [2.75, 3.05) is 6.61 Å². The van der Waals surface area contributed by atoms with Crippen LogP contribution in [0.2, 0.25) is 0 Å². The Bertz CT molecular complexity index is 421. The van der Waals surface area contributed by atoms with E-state index >= 15 is 0 Å². The van der Waals surface area contributed by atoms with Gasteiger partial charge in [0.2, 0.25) is 6.61 Å². The third-order valence-corrected chi connectivity index (χ3v) is 1.48. The van der Waals surface area contributed by atoms with Crippen LogP contribution in [-0.2, 0) is 9.63 Å². The number of benzene rings is 1. The van der Waals surface area contributed by atoms with E-state index in [-0.39, 0.29) is 0 Å². The monoisotopic (exact) mass is 204 g/mol. The smallest absolute Gasteiger partial charge is 0.344 e. The highest BCUT2D eigenvalue weighted by Gasteiger charge is 1.94. The first-order valence-corrected chi connectivity index (χ1v) is 4.09. The van der Waals surface area contributed by atoms with Gasteiger partial charge >= 0.3 is 5.97 Å². The summed E-state index contributed by atoms with van der Waals surface area (Å²) in [5.41, 5.74) is 1.19. The number of carboxylic acid groups (broad SMARTS) is 1. The van der Waals surface area contributed by atoms with Gasteiger partial charge in [0, 0.05) is 0 Å². The van der Waals surface area contributed by atoms with Gasteiger partial charge in [-0.15, -0.1) is 0 Å². The molecule has 0 aliphatic carbocycles. The van der Waals surface area contributed by atoms with Gasteiger partial charge in [-0.05, 0) is 17.7 Å². The van der Waals surface area contributed by atoms with E-state index in [1.54, 1.807) is 24.3 Å². The summed E-state index contributed by atoms with van der Waals surface area (Å²) in [6.45, 7) is -0.478. The van der Waals surface area contributed by atoms with Crippen LogP contribution in [-0.4, -0.2) is 23.9 Å². The molecule has 0 saturated carbocycles. The molecule has 5 nitrogen and oxygen atoms in total. The lowest BCUT2D eigenvalue weighted by Crippen LogP contribution is -2.03. The Labute approximate surface area is 86.2 Å². The fourth-order valence-corrected chi connectivity index (χ4v) is 0.879. The summed E-state index contributed by atoms with van der Waals surface area (Å²) >= 11 is 0. The third kappa shape index (κ3) is 3.91. The molecular formula is C10H8N2O3. The number of carbonyl (C=O) groups is 1. The summed E-state index contributed by atoms with van der Waals surface area (Å²) in [5.74, 6) is -1.09. The summed E-state index contributed by atoms with van der Waals surface area (Å²) in [7, 11) is 0. The van der Waals surface area contributed by atoms with Crippen LogP contribution in [0.1, 0.15) is 11.1 Å². The molecule has 0 heterocycles. The first-order chi connectivity index (χ1) is 7.22. The molecule has 1 aromatic carbocycles. The van der Waals surface area contributed by atoms with Gasteiger partial charge in [0.1, 0.15) is 0 Å². The predicted molar refractivity (Wildman–Crippen MR) is 52.3 cm³/mol. The number of hydrogen-bond acceptors (Lipinski definition) is 4. The predicted octanol–water partition coefficient (Wildman–Crippen LogP) is 0.993. The Morgan fingerprint density at radius 2 is 2.47 bits per heavy atom. The second kappa shape index (κ2) is 5.40. The maximum absolute atomic E-state index is 10.1. The Kier molecular flexibility index (Phi) is 3.86. The van der Waals surface area contributed by atoms with Gasteiger partial charge in [0.15, 0.2) is 0 Å². The van der Waals surface area contributed by atoms with Gasteiger partial charge in [-0.25, -0.2) is 4.79 Å². The number of hydrogen-bond donors (Lipinski definition) is 1. The van der Waals surface area contributed by atoms with Gasteiger partial charge in [0.05, 0.1) is 17.8 Å². The molecule has 5 heteroatoms. The van der Waals surface area contributed by atoms with Gasteiger partial charge in [-0.1, -0.05) is 17.3 Å². The Morgan fingerprint density at radius 1 is 1.67 bits per heavy atom. The molecule has 0 unspecified atom stereocenters. The standard InChI is InChI=1S/C10H8N2O3/c11-5-8-2-1-3-9(4-8)6-12-15-7-10(13)14/h1-4,6H,7H2,(H,13,14). The van der Waals surface area contributed by atoms with Gasteiger partial charge < -0.3 is 9.94 Å². The van der Waals surface area contributed by atoms with Crippen molar-refractivity contribution in [1.29, 1.82) is 5.26 Å². The largest absolute Gasteiger partial charge is 0.479 e. The van der Waals surface area contributed by atoms with E-state index < -0.39 is 12.6 Å². The van der Waals surface area contributed by atoms with E-state index in [2.05, 4.69) is 9.99 Å². The molecule has 1 N–H and O–H groups in total. The van der Waals surface area contributed by atoms with Crippen molar-refractivity contribution in [2.24, 2.45) is 5.16 Å². The lowest BCUT2D eigenvalue weighted by molar-refractivity contribution is -0.142. The lowest BCUT2D eigenvalue weighted by Gasteiger charge is -1.94. The van der Waals surface area contributed by atoms with Crippen molar-refractivity contribution in [3.8, 4) is 6.07 Å². The van der Waals surface area contributed by atoms with E-state index in [9.17, 15) is 4.79 Å². The summed E-state index contributed by atoms with van der Waals surface area (Å²) in [4.78, 5) is 14.5. The molecule has 0 fully saturated rings. The molecule has 0 aromatic heterocycles. The minimum absolute atomic E-state index is 0.478. The Balaban J connectivity index is 2.57. The lowest BCUT2D eigenvalue weighted by atomic mass is 10.1. The summed E-state index contributed by atoms with van der Waals surface area (Å²) in [6, 6.07) is 8.70. The molecule has 0 bridgehead atoms. The topological polar surface area (TPSA) is 82.7 Å². The highest BCUT2D eigenvalue weighted by Crippen LogP contribution is 2.01. The maximum Gasteiger partial charge on any atom is 0.344 e. The van der Waals surface area contributed by atoms with Crippen molar-refractivity contribution in [3.63, 3.8) is 0 Å². The fraction of sp³-hybridized carbons (Fsp3) is 0.100. The normalized spacial score (nSPS) is 9.80. The maximum atomic E-state index is 10.1. The van der Waals surface area contributed by atoms with Crippen molar-refractivity contribution in [1.82, 2.24) is 0 Å². The van der Waals surface area contributed by atoms with Gasteiger partial charge in [0.25, 0.3) is 0 Å². The molecule has 0 radical (unpaired) electrons. The zero-order chi connectivity index (χ0) is 11.1. The summed E-state index contributed by atoms with van der Waals surface area (Å²) in [5, 5.41) is 20.3. The molecule has 0 aliphatic rings. The quantitative estimate of drug-likeness (QED) is 0.585. The molecule has 0 amide bonds. The highest BCUT2D eigenvalue weighted by atomic mass is 16.6. The molecular weight excluding hydrogens is 196 g/mol. The SMILES string of the molecule is N#Cc1cccc(C=NOCC(=O)O)c1. The number of carboxylic acids is 1. The van der Waals surface area contributed by atoms with E-state index in [1.165, 1.54) is 6.21 Å². The number of rotatable bonds is 4. The molecule has 0 spiro atoms. The second-order valence-electron chi connectivity index (χ2n) is 2.64. The number of oxime groups is 1. The van der Waals surface area contributed by atoms with E-state index in [0.717, 1.165) is 0 Å². The number of aliphatic carboxylic acids is 1. The second-order valence-corrected chi connectivity index (χ2v) is 2.64. The third-order valence-electron chi connectivity index (χ3n) is 1.48. The summed E-state index contributed by atoms with van der Waals surface area (Å²) < 4.78 is 0. The van der Waals surface area contributed by atoms with Crippen LogP contribution >= 0.6 is 0 Å². The van der Waals surface area contributed by atoms with Crippen LogP contribution in [0.15, 0.2) is 29.4 Å². The zero-order valence-corrected chi connectivity index (χ0v) is 7.75. The molecule has 76 valence electrons. The van der Waals surface area contributed by atoms with Gasteiger partial charge in [-0.3, -0.25) is 0 Å². The van der Waals surface area contributed by atoms with Crippen LogP contribution < -0.4 is 0 Å². The molecule has 0 atom stereocenters. The highest BCUT2D eigenvalue weighted by molar-refractivity contribution is 5.79. The molecule has 1 aromatic rings. The minimum Gasteiger partial charge on any atom is -0.479 e.